The largest absolute Gasteiger partial charge is 0.489 e. The van der Waals surface area contributed by atoms with Crippen molar-refractivity contribution in [2.24, 2.45) is 0 Å². The number of nitrogens with zero attached hydrogens (tertiary/aromatic N) is 2. The average molecular weight is 409 g/mol. The molecule has 4 aromatic rings. The zero-order valence-electron chi connectivity index (χ0n) is 18.2. The van der Waals surface area contributed by atoms with Crippen molar-refractivity contribution in [2.75, 3.05) is 0 Å². The van der Waals surface area contributed by atoms with Crippen molar-refractivity contribution < 1.29 is 4.74 Å². The van der Waals surface area contributed by atoms with Gasteiger partial charge in [0.15, 0.2) is 0 Å². The number of pyridine rings is 1. The first kappa shape index (κ1) is 19.6. The normalized spacial score (nSPS) is 13.7. The van der Waals surface area contributed by atoms with Crippen molar-refractivity contribution in [3.05, 3.63) is 101 Å². The Hall–Kier alpha value is -3.33. The SMILES string of the molecule is Cc1ccc(C)n1-c1cccc(-c2ccc(OCc3ccccc3C3CCC3)cc2)n1. The van der Waals surface area contributed by atoms with E-state index >= 15 is 0 Å². The lowest BCUT2D eigenvalue weighted by Gasteiger charge is -2.28. The molecule has 3 heteroatoms. The van der Waals surface area contributed by atoms with Crippen molar-refractivity contribution in [1.82, 2.24) is 9.55 Å². The lowest BCUT2D eigenvalue weighted by atomic mass is 9.78. The predicted molar refractivity (Wildman–Crippen MR) is 126 cm³/mol. The minimum atomic E-state index is 0.617. The zero-order chi connectivity index (χ0) is 21.2. The summed E-state index contributed by atoms with van der Waals surface area (Å²) in [5, 5.41) is 0. The van der Waals surface area contributed by atoms with Crippen molar-refractivity contribution in [3.63, 3.8) is 0 Å². The maximum absolute atomic E-state index is 6.13. The Morgan fingerprint density at radius 3 is 2.29 bits per heavy atom. The third-order valence-corrected chi connectivity index (χ3v) is 6.38. The molecule has 2 aromatic heterocycles. The summed E-state index contributed by atoms with van der Waals surface area (Å²) in [6, 6.07) is 27.4. The molecule has 3 nitrogen and oxygen atoms in total. The molecule has 156 valence electrons. The molecule has 1 aliphatic carbocycles. The van der Waals surface area contributed by atoms with Crippen molar-refractivity contribution in [3.8, 4) is 22.8 Å². The first-order valence-corrected chi connectivity index (χ1v) is 11.1. The van der Waals surface area contributed by atoms with Crippen molar-refractivity contribution in [2.45, 2.75) is 45.6 Å². The molecule has 5 rings (SSSR count). The van der Waals surface area contributed by atoms with Gasteiger partial charge in [0.05, 0.1) is 5.69 Å². The molecule has 1 saturated carbocycles. The highest BCUT2D eigenvalue weighted by molar-refractivity contribution is 5.61. The summed E-state index contributed by atoms with van der Waals surface area (Å²) in [7, 11) is 0. The van der Waals surface area contributed by atoms with Crippen LogP contribution in [0.4, 0.5) is 0 Å². The molecule has 0 saturated heterocycles. The van der Waals surface area contributed by atoms with Gasteiger partial charge in [-0.3, -0.25) is 0 Å². The maximum Gasteiger partial charge on any atom is 0.137 e. The van der Waals surface area contributed by atoms with Crippen LogP contribution in [0.2, 0.25) is 0 Å². The van der Waals surface area contributed by atoms with E-state index in [1.165, 1.54) is 41.8 Å². The van der Waals surface area contributed by atoms with E-state index in [1.54, 1.807) is 0 Å². The van der Waals surface area contributed by atoms with Crippen LogP contribution in [0.3, 0.4) is 0 Å². The molecule has 0 radical (unpaired) electrons. The molecule has 0 N–H and O–H groups in total. The highest BCUT2D eigenvalue weighted by atomic mass is 16.5. The molecule has 0 bridgehead atoms. The number of aryl methyl sites for hydroxylation is 2. The first-order chi connectivity index (χ1) is 15.2. The standard InChI is InChI=1S/C28H28N2O/c1-20-13-14-21(2)30(20)28-12-6-11-27(29-28)23-15-17-25(18-16-23)31-19-24-7-3-4-10-26(24)22-8-5-9-22/h3-4,6-7,10-18,22H,5,8-9,19H2,1-2H3. The second-order valence-electron chi connectivity index (χ2n) is 8.47. The van der Waals surface area contributed by atoms with Gasteiger partial charge in [-0.05, 0) is 92.3 Å². The third-order valence-electron chi connectivity index (χ3n) is 6.38. The molecule has 0 amide bonds. The van der Waals surface area contributed by atoms with Gasteiger partial charge < -0.3 is 9.30 Å². The quantitative estimate of drug-likeness (QED) is 0.343. The first-order valence-electron chi connectivity index (χ1n) is 11.1. The van der Waals surface area contributed by atoms with E-state index < -0.39 is 0 Å². The maximum atomic E-state index is 6.13. The molecule has 0 aliphatic heterocycles. The molecule has 1 aliphatic rings. The topological polar surface area (TPSA) is 27.1 Å². The zero-order valence-corrected chi connectivity index (χ0v) is 18.2. The van der Waals surface area contributed by atoms with Crippen LogP contribution in [0, 0.1) is 13.8 Å². The molecule has 0 atom stereocenters. The third kappa shape index (κ3) is 4.00. The summed E-state index contributed by atoms with van der Waals surface area (Å²) in [6.45, 7) is 4.83. The fraction of sp³-hybridized carbons (Fsp3) is 0.250. The van der Waals surface area contributed by atoms with E-state index in [0.717, 1.165) is 22.8 Å². The lowest BCUT2D eigenvalue weighted by molar-refractivity contribution is 0.301. The molecule has 0 spiro atoms. The van der Waals surface area contributed by atoms with Gasteiger partial charge in [0.2, 0.25) is 0 Å². The summed E-state index contributed by atoms with van der Waals surface area (Å²) >= 11 is 0. The van der Waals surface area contributed by atoms with Gasteiger partial charge in [-0.2, -0.15) is 0 Å². The van der Waals surface area contributed by atoms with Crippen LogP contribution in [0.1, 0.15) is 47.7 Å². The molecule has 0 unspecified atom stereocenters. The highest BCUT2D eigenvalue weighted by Crippen LogP contribution is 2.38. The van der Waals surface area contributed by atoms with E-state index in [0.29, 0.717) is 12.5 Å². The van der Waals surface area contributed by atoms with E-state index in [4.69, 9.17) is 9.72 Å². The van der Waals surface area contributed by atoms with Gasteiger partial charge in [-0.15, -0.1) is 0 Å². The molecule has 2 heterocycles. The molecular weight excluding hydrogens is 380 g/mol. The van der Waals surface area contributed by atoms with Crippen LogP contribution in [0.5, 0.6) is 5.75 Å². The Morgan fingerprint density at radius 1 is 0.839 bits per heavy atom. The summed E-state index contributed by atoms with van der Waals surface area (Å²) < 4.78 is 8.31. The number of hydrogen-bond donors (Lipinski definition) is 0. The van der Waals surface area contributed by atoms with Crippen LogP contribution in [0.15, 0.2) is 78.9 Å². The minimum absolute atomic E-state index is 0.617. The molecule has 2 aromatic carbocycles. The lowest BCUT2D eigenvalue weighted by Crippen LogP contribution is -2.12. The van der Waals surface area contributed by atoms with E-state index in [9.17, 15) is 0 Å². The van der Waals surface area contributed by atoms with Gasteiger partial charge >= 0.3 is 0 Å². The van der Waals surface area contributed by atoms with Gasteiger partial charge in [0.25, 0.3) is 0 Å². The summed E-state index contributed by atoms with van der Waals surface area (Å²) in [6.07, 6.45) is 3.96. The molecule has 1 fully saturated rings. The average Bonchev–Trinajstić information content (AvgIpc) is 3.10. The fourth-order valence-corrected chi connectivity index (χ4v) is 4.40. The Labute approximate surface area is 184 Å². The van der Waals surface area contributed by atoms with E-state index in [1.807, 2.05) is 12.1 Å². The van der Waals surface area contributed by atoms with Crippen LogP contribution in [-0.2, 0) is 6.61 Å². The smallest absolute Gasteiger partial charge is 0.137 e. The second-order valence-corrected chi connectivity index (χ2v) is 8.47. The number of aromatic nitrogens is 2. The van der Waals surface area contributed by atoms with Crippen LogP contribution >= 0.6 is 0 Å². The number of benzene rings is 2. The summed E-state index contributed by atoms with van der Waals surface area (Å²) in [5.41, 5.74) is 7.20. The predicted octanol–water partition coefficient (Wildman–Crippen LogP) is 7.00. The Morgan fingerprint density at radius 2 is 1.58 bits per heavy atom. The van der Waals surface area contributed by atoms with Gasteiger partial charge in [0, 0.05) is 17.0 Å². The number of rotatable bonds is 6. The van der Waals surface area contributed by atoms with Gasteiger partial charge in [0.1, 0.15) is 18.2 Å². The molecule has 31 heavy (non-hydrogen) atoms. The Kier molecular flexibility index (Phi) is 5.33. The summed E-state index contributed by atoms with van der Waals surface area (Å²) in [5.74, 6) is 2.55. The second kappa shape index (κ2) is 8.43. The van der Waals surface area contributed by atoms with Crippen LogP contribution in [-0.4, -0.2) is 9.55 Å². The van der Waals surface area contributed by atoms with E-state index in [-0.39, 0.29) is 0 Å². The number of ether oxygens (including phenoxy) is 1. The van der Waals surface area contributed by atoms with Gasteiger partial charge in [-0.25, -0.2) is 4.98 Å². The fourth-order valence-electron chi connectivity index (χ4n) is 4.40. The van der Waals surface area contributed by atoms with Gasteiger partial charge in [-0.1, -0.05) is 36.8 Å². The summed E-state index contributed by atoms with van der Waals surface area (Å²) in [4.78, 5) is 4.90. The molecular formula is C28H28N2O. The van der Waals surface area contributed by atoms with Crippen molar-refractivity contribution >= 4 is 0 Å². The Balaban J connectivity index is 1.32. The Bertz CT molecular complexity index is 1170. The van der Waals surface area contributed by atoms with E-state index in [2.05, 4.69) is 85.1 Å². The van der Waals surface area contributed by atoms with Crippen LogP contribution < -0.4 is 4.74 Å². The monoisotopic (exact) mass is 408 g/mol. The number of hydrogen-bond acceptors (Lipinski definition) is 2. The highest BCUT2D eigenvalue weighted by Gasteiger charge is 2.21. The minimum Gasteiger partial charge on any atom is -0.489 e. The van der Waals surface area contributed by atoms with Crippen molar-refractivity contribution in [1.29, 1.82) is 0 Å². The van der Waals surface area contributed by atoms with Crippen LogP contribution in [0.25, 0.3) is 17.1 Å².